The average molecular weight is 551 g/mol. The summed E-state index contributed by atoms with van der Waals surface area (Å²) in [6.45, 7) is 0. The molecule has 0 saturated carbocycles. The smallest absolute Gasteiger partial charge is 0.160 e. The van der Waals surface area contributed by atoms with Crippen LogP contribution in [0.25, 0.3) is 78.1 Å². The Morgan fingerprint density at radius 2 is 0.930 bits per heavy atom. The Morgan fingerprint density at radius 1 is 0.395 bits per heavy atom. The van der Waals surface area contributed by atoms with Crippen LogP contribution in [0, 0.1) is 0 Å². The minimum Gasteiger partial charge on any atom is -0.455 e. The van der Waals surface area contributed by atoms with E-state index in [1.165, 1.54) is 11.1 Å². The zero-order valence-corrected chi connectivity index (χ0v) is 23.3. The van der Waals surface area contributed by atoms with Crippen molar-refractivity contribution in [1.82, 2.24) is 9.97 Å². The highest BCUT2D eigenvalue weighted by molar-refractivity contribution is 6.16. The van der Waals surface area contributed by atoms with E-state index in [0.29, 0.717) is 5.82 Å². The molecule has 0 atom stereocenters. The SMILES string of the molecule is c1ccc(-c2ccc(-c3ccc(-c4cc(-c5ccccc5)nc(-c5ccccc5)n4)c4c3oc3ccccc34)cc2)cc1. The molecule has 0 radical (unpaired) electrons. The van der Waals surface area contributed by atoms with Crippen LogP contribution in [0.4, 0.5) is 0 Å². The Kier molecular flexibility index (Phi) is 6.12. The van der Waals surface area contributed by atoms with E-state index < -0.39 is 0 Å². The van der Waals surface area contributed by atoms with Crippen molar-refractivity contribution in [2.24, 2.45) is 0 Å². The molecule has 8 aromatic rings. The van der Waals surface area contributed by atoms with Gasteiger partial charge in [-0.2, -0.15) is 0 Å². The Bertz CT molecular complexity index is 2140. The van der Waals surface area contributed by atoms with Crippen LogP contribution in [-0.2, 0) is 0 Å². The maximum Gasteiger partial charge on any atom is 0.160 e. The van der Waals surface area contributed by atoms with Gasteiger partial charge in [-0.25, -0.2) is 9.97 Å². The Morgan fingerprint density at radius 3 is 1.65 bits per heavy atom. The Hall–Kier alpha value is -5.80. The van der Waals surface area contributed by atoms with Crippen LogP contribution in [0.15, 0.2) is 162 Å². The fourth-order valence-electron chi connectivity index (χ4n) is 5.80. The molecule has 0 N–H and O–H groups in total. The van der Waals surface area contributed by atoms with Crippen molar-refractivity contribution in [1.29, 1.82) is 0 Å². The monoisotopic (exact) mass is 550 g/mol. The summed E-state index contributed by atoms with van der Waals surface area (Å²) >= 11 is 0. The van der Waals surface area contributed by atoms with Gasteiger partial charge < -0.3 is 4.42 Å². The highest BCUT2D eigenvalue weighted by Crippen LogP contribution is 2.42. The van der Waals surface area contributed by atoms with Crippen molar-refractivity contribution in [2.75, 3.05) is 0 Å². The molecule has 0 aliphatic heterocycles. The van der Waals surface area contributed by atoms with Crippen LogP contribution in [0.5, 0.6) is 0 Å². The number of aromatic nitrogens is 2. The second-order valence-electron chi connectivity index (χ2n) is 10.6. The molecule has 0 aliphatic rings. The maximum absolute atomic E-state index is 6.60. The van der Waals surface area contributed by atoms with Crippen LogP contribution in [0.3, 0.4) is 0 Å². The number of hydrogen-bond donors (Lipinski definition) is 0. The fraction of sp³-hybridized carbons (Fsp3) is 0. The molecule has 0 spiro atoms. The van der Waals surface area contributed by atoms with E-state index >= 15 is 0 Å². The third-order valence-corrected chi connectivity index (χ3v) is 7.93. The van der Waals surface area contributed by atoms with Crippen LogP contribution in [-0.4, -0.2) is 9.97 Å². The summed E-state index contributed by atoms with van der Waals surface area (Å²) in [5.41, 5.74) is 11.0. The largest absolute Gasteiger partial charge is 0.455 e. The Labute approximate surface area is 249 Å². The molecule has 0 bridgehead atoms. The lowest BCUT2D eigenvalue weighted by Crippen LogP contribution is -1.96. The molecule has 0 fully saturated rings. The van der Waals surface area contributed by atoms with Crippen molar-refractivity contribution in [3.8, 4) is 56.2 Å². The van der Waals surface area contributed by atoms with Gasteiger partial charge in [0.1, 0.15) is 11.2 Å². The van der Waals surface area contributed by atoms with Gasteiger partial charge in [0.2, 0.25) is 0 Å². The summed E-state index contributed by atoms with van der Waals surface area (Å²) in [4.78, 5) is 10.1. The van der Waals surface area contributed by atoms with Crippen LogP contribution >= 0.6 is 0 Å². The van der Waals surface area contributed by atoms with Gasteiger partial charge in [0.15, 0.2) is 5.82 Å². The first-order chi connectivity index (χ1) is 21.3. The van der Waals surface area contributed by atoms with E-state index in [0.717, 1.165) is 61.1 Å². The molecule has 43 heavy (non-hydrogen) atoms. The highest BCUT2D eigenvalue weighted by Gasteiger charge is 2.19. The van der Waals surface area contributed by atoms with Crippen molar-refractivity contribution >= 4 is 21.9 Å². The van der Waals surface area contributed by atoms with Gasteiger partial charge in [-0.1, -0.05) is 140 Å². The van der Waals surface area contributed by atoms with Gasteiger partial charge in [0.05, 0.1) is 11.4 Å². The number of hydrogen-bond acceptors (Lipinski definition) is 3. The normalized spacial score (nSPS) is 11.3. The molecule has 2 heterocycles. The topological polar surface area (TPSA) is 38.9 Å². The molecule has 0 unspecified atom stereocenters. The number of fused-ring (bicyclic) bond motifs is 3. The van der Waals surface area contributed by atoms with Crippen molar-refractivity contribution < 1.29 is 4.42 Å². The minimum atomic E-state index is 0.693. The summed E-state index contributed by atoms with van der Waals surface area (Å²) in [6.07, 6.45) is 0. The predicted molar refractivity (Wildman–Crippen MR) is 176 cm³/mol. The lowest BCUT2D eigenvalue weighted by atomic mass is 9.95. The first-order valence-electron chi connectivity index (χ1n) is 14.4. The number of furan rings is 1. The van der Waals surface area contributed by atoms with E-state index in [2.05, 4.69) is 103 Å². The van der Waals surface area contributed by atoms with Gasteiger partial charge >= 0.3 is 0 Å². The van der Waals surface area contributed by atoms with Crippen molar-refractivity contribution in [3.63, 3.8) is 0 Å². The van der Waals surface area contributed by atoms with Gasteiger partial charge in [-0.05, 0) is 34.9 Å². The quantitative estimate of drug-likeness (QED) is 0.214. The molecule has 3 heteroatoms. The van der Waals surface area contributed by atoms with E-state index in [-0.39, 0.29) is 0 Å². The van der Waals surface area contributed by atoms with Crippen LogP contribution in [0.1, 0.15) is 0 Å². The van der Waals surface area contributed by atoms with Gasteiger partial charge in [0.25, 0.3) is 0 Å². The van der Waals surface area contributed by atoms with E-state index in [9.17, 15) is 0 Å². The molecule has 0 aliphatic carbocycles. The van der Waals surface area contributed by atoms with E-state index in [1.54, 1.807) is 0 Å². The highest BCUT2D eigenvalue weighted by atomic mass is 16.3. The molecule has 0 amide bonds. The molecular formula is C40H26N2O. The molecule has 3 nitrogen and oxygen atoms in total. The zero-order valence-electron chi connectivity index (χ0n) is 23.3. The average Bonchev–Trinajstić information content (AvgIpc) is 3.49. The van der Waals surface area contributed by atoms with Gasteiger partial charge in [-0.3, -0.25) is 0 Å². The second-order valence-corrected chi connectivity index (χ2v) is 10.6. The lowest BCUT2D eigenvalue weighted by molar-refractivity contribution is 0.670. The first-order valence-corrected chi connectivity index (χ1v) is 14.4. The maximum atomic E-state index is 6.60. The summed E-state index contributed by atoms with van der Waals surface area (Å²) in [5, 5.41) is 2.12. The molecule has 2 aromatic heterocycles. The van der Waals surface area contributed by atoms with Crippen LogP contribution in [0.2, 0.25) is 0 Å². The number of nitrogens with zero attached hydrogens (tertiary/aromatic N) is 2. The Balaban J connectivity index is 1.34. The summed E-state index contributed by atoms with van der Waals surface area (Å²) in [7, 11) is 0. The van der Waals surface area contributed by atoms with E-state index in [4.69, 9.17) is 14.4 Å². The number of rotatable bonds is 5. The van der Waals surface area contributed by atoms with Gasteiger partial charge in [0, 0.05) is 33.0 Å². The zero-order chi connectivity index (χ0) is 28.6. The standard InChI is InChI=1S/C40H26N2O/c1-4-12-27(13-5-1)28-20-22-29(23-21-28)32-24-25-33(38-34-18-10-11-19-37(34)43-39(32)38)36-26-35(30-14-6-2-7-15-30)41-40(42-36)31-16-8-3-9-17-31/h1-26H. The van der Waals surface area contributed by atoms with Gasteiger partial charge in [-0.15, -0.1) is 0 Å². The lowest BCUT2D eigenvalue weighted by Gasteiger charge is -2.12. The molecule has 8 rings (SSSR count). The summed E-state index contributed by atoms with van der Waals surface area (Å²) in [6, 6.07) is 54.3. The molecule has 0 saturated heterocycles. The number of para-hydroxylation sites is 1. The van der Waals surface area contributed by atoms with E-state index in [1.807, 2.05) is 54.6 Å². The molecule has 6 aromatic carbocycles. The molecule has 202 valence electrons. The fourth-order valence-corrected chi connectivity index (χ4v) is 5.80. The number of benzene rings is 6. The van der Waals surface area contributed by atoms with Crippen LogP contribution < -0.4 is 0 Å². The third kappa shape index (κ3) is 4.58. The summed E-state index contributed by atoms with van der Waals surface area (Å²) < 4.78 is 6.60. The first kappa shape index (κ1) is 25.0. The minimum absolute atomic E-state index is 0.693. The second kappa shape index (κ2) is 10.6. The summed E-state index contributed by atoms with van der Waals surface area (Å²) in [5.74, 6) is 0.693. The van der Waals surface area contributed by atoms with Crippen molar-refractivity contribution in [2.45, 2.75) is 0 Å². The van der Waals surface area contributed by atoms with Crippen molar-refractivity contribution in [3.05, 3.63) is 158 Å². The third-order valence-electron chi connectivity index (χ3n) is 7.93. The predicted octanol–water partition coefficient (Wildman–Crippen LogP) is 10.7. The molecular weight excluding hydrogens is 524 g/mol.